The highest BCUT2D eigenvalue weighted by Crippen LogP contribution is 2.42. The fourth-order valence-electron chi connectivity index (χ4n) is 5.79. The number of hydrogen-bond acceptors (Lipinski definition) is 4. The molecule has 0 saturated heterocycles. The molecule has 6 heteroatoms. The minimum Gasteiger partial charge on any atom is -0.489 e. The maximum Gasteiger partial charge on any atom is 0.145 e. The standard InChI is InChI=1S/C34H28N2O4/c37-17-19-39-33-22-32(36-29-15-7-3-11-25(29)26-12-4-8-16-30(26)36)34(40-20-18-38)21-31(33)35-27-13-5-1-9-23(27)24-10-2-6-14-28(24)35/h1-16,21-22,37-38H,17-20H2. The lowest BCUT2D eigenvalue weighted by Crippen LogP contribution is -2.10. The molecule has 0 fully saturated rings. The second-order valence-corrected chi connectivity index (χ2v) is 9.67. The molecule has 0 unspecified atom stereocenters. The van der Waals surface area contributed by atoms with Crippen molar-refractivity contribution in [3.05, 3.63) is 109 Å². The van der Waals surface area contributed by atoms with E-state index in [1.807, 2.05) is 60.7 Å². The molecular formula is C34H28N2O4. The molecule has 0 aliphatic carbocycles. The van der Waals surface area contributed by atoms with Gasteiger partial charge in [-0.3, -0.25) is 0 Å². The van der Waals surface area contributed by atoms with E-state index >= 15 is 0 Å². The van der Waals surface area contributed by atoms with Crippen LogP contribution in [0.15, 0.2) is 109 Å². The van der Waals surface area contributed by atoms with E-state index in [0.29, 0.717) is 11.5 Å². The Kier molecular flexibility index (Phi) is 6.11. The molecule has 0 amide bonds. The van der Waals surface area contributed by atoms with Gasteiger partial charge in [-0.25, -0.2) is 0 Å². The maximum atomic E-state index is 9.71. The lowest BCUT2D eigenvalue weighted by atomic mass is 10.2. The van der Waals surface area contributed by atoms with E-state index in [1.54, 1.807) is 0 Å². The monoisotopic (exact) mass is 528 g/mol. The molecule has 40 heavy (non-hydrogen) atoms. The van der Waals surface area contributed by atoms with Crippen molar-refractivity contribution >= 4 is 43.6 Å². The first-order chi connectivity index (χ1) is 19.8. The van der Waals surface area contributed by atoms with Crippen molar-refractivity contribution < 1.29 is 19.7 Å². The van der Waals surface area contributed by atoms with Crippen molar-refractivity contribution in [1.29, 1.82) is 0 Å². The van der Waals surface area contributed by atoms with Crippen LogP contribution in [0.4, 0.5) is 0 Å². The SMILES string of the molecule is OCCOc1cc(-n2c3ccccc3c3ccccc32)c(OCCO)cc1-n1c2ccccc2c2ccccc21. The summed E-state index contributed by atoms with van der Waals surface area (Å²) in [6, 6.07) is 37.2. The minimum atomic E-state index is -0.111. The zero-order chi connectivity index (χ0) is 27.1. The summed E-state index contributed by atoms with van der Waals surface area (Å²) in [5, 5.41) is 24.0. The Morgan fingerprint density at radius 3 is 1.05 bits per heavy atom. The van der Waals surface area contributed by atoms with Gasteiger partial charge in [0.15, 0.2) is 0 Å². The average Bonchev–Trinajstić information content (AvgIpc) is 3.52. The average molecular weight is 529 g/mol. The van der Waals surface area contributed by atoms with Gasteiger partial charge in [-0.15, -0.1) is 0 Å². The molecule has 2 heterocycles. The van der Waals surface area contributed by atoms with Crippen molar-refractivity contribution in [1.82, 2.24) is 9.13 Å². The van der Waals surface area contributed by atoms with Gasteiger partial charge in [-0.2, -0.15) is 0 Å². The molecule has 198 valence electrons. The second-order valence-electron chi connectivity index (χ2n) is 9.67. The smallest absolute Gasteiger partial charge is 0.145 e. The number of aliphatic hydroxyl groups is 2. The van der Waals surface area contributed by atoms with Gasteiger partial charge < -0.3 is 28.8 Å². The fourth-order valence-corrected chi connectivity index (χ4v) is 5.79. The van der Waals surface area contributed by atoms with Gasteiger partial charge in [-0.05, 0) is 24.3 Å². The maximum absolute atomic E-state index is 9.71. The van der Waals surface area contributed by atoms with Gasteiger partial charge in [0.2, 0.25) is 0 Å². The Hall–Kier alpha value is -4.78. The van der Waals surface area contributed by atoms with E-state index in [1.165, 1.54) is 0 Å². The number of aromatic nitrogens is 2. The number of benzene rings is 5. The number of para-hydroxylation sites is 4. The molecule has 0 spiro atoms. The van der Waals surface area contributed by atoms with Crippen LogP contribution in [-0.2, 0) is 0 Å². The molecule has 0 radical (unpaired) electrons. The predicted octanol–water partition coefficient (Wildman–Crippen LogP) is 6.62. The zero-order valence-electron chi connectivity index (χ0n) is 21.8. The van der Waals surface area contributed by atoms with Crippen LogP contribution >= 0.6 is 0 Å². The van der Waals surface area contributed by atoms with Crippen LogP contribution < -0.4 is 9.47 Å². The second kappa shape index (κ2) is 10.1. The van der Waals surface area contributed by atoms with Gasteiger partial charge in [0.1, 0.15) is 24.7 Å². The molecule has 0 atom stereocenters. The first-order valence-electron chi connectivity index (χ1n) is 13.4. The number of rotatable bonds is 8. The van der Waals surface area contributed by atoms with Crippen molar-refractivity contribution in [2.45, 2.75) is 0 Å². The lowest BCUT2D eigenvalue weighted by Gasteiger charge is -2.20. The minimum absolute atomic E-state index is 0.111. The van der Waals surface area contributed by atoms with Crippen molar-refractivity contribution in [2.75, 3.05) is 26.4 Å². The number of nitrogens with zero attached hydrogens (tertiary/aromatic N) is 2. The van der Waals surface area contributed by atoms with E-state index in [0.717, 1.165) is 55.0 Å². The summed E-state index contributed by atoms with van der Waals surface area (Å²) in [5.41, 5.74) is 5.74. The number of aliphatic hydroxyl groups excluding tert-OH is 2. The molecule has 6 nitrogen and oxygen atoms in total. The first-order valence-corrected chi connectivity index (χ1v) is 13.4. The molecule has 0 aliphatic rings. The summed E-state index contributed by atoms with van der Waals surface area (Å²) >= 11 is 0. The van der Waals surface area contributed by atoms with Gasteiger partial charge in [-0.1, -0.05) is 72.8 Å². The largest absolute Gasteiger partial charge is 0.489 e. The molecule has 7 aromatic rings. The number of hydrogen-bond donors (Lipinski definition) is 2. The third-order valence-corrected chi connectivity index (χ3v) is 7.38. The van der Waals surface area contributed by atoms with Crippen LogP contribution in [0.5, 0.6) is 11.5 Å². The highest BCUT2D eigenvalue weighted by Gasteiger charge is 2.22. The number of ether oxygens (including phenoxy) is 2. The van der Waals surface area contributed by atoms with E-state index in [-0.39, 0.29) is 26.4 Å². The van der Waals surface area contributed by atoms with E-state index in [2.05, 4.69) is 57.7 Å². The Morgan fingerprint density at radius 1 is 0.450 bits per heavy atom. The fraction of sp³-hybridized carbons (Fsp3) is 0.118. The highest BCUT2D eigenvalue weighted by molar-refractivity contribution is 6.10. The molecule has 7 rings (SSSR count). The van der Waals surface area contributed by atoms with Gasteiger partial charge >= 0.3 is 0 Å². The molecule has 0 saturated carbocycles. The number of fused-ring (bicyclic) bond motifs is 6. The molecule has 5 aromatic carbocycles. The van der Waals surface area contributed by atoms with E-state index < -0.39 is 0 Å². The Morgan fingerprint density at radius 2 is 0.750 bits per heavy atom. The third kappa shape index (κ3) is 3.80. The Balaban J connectivity index is 1.57. The predicted molar refractivity (Wildman–Crippen MR) is 160 cm³/mol. The van der Waals surface area contributed by atoms with Gasteiger partial charge in [0.05, 0.1) is 46.7 Å². The van der Waals surface area contributed by atoms with Crippen molar-refractivity contribution in [3.63, 3.8) is 0 Å². The van der Waals surface area contributed by atoms with Crippen molar-refractivity contribution in [2.24, 2.45) is 0 Å². The summed E-state index contributed by atoms with van der Waals surface area (Å²) in [6.07, 6.45) is 0. The highest BCUT2D eigenvalue weighted by atomic mass is 16.5. The van der Waals surface area contributed by atoms with E-state index in [9.17, 15) is 10.2 Å². The summed E-state index contributed by atoms with van der Waals surface area (Å²) < 4.78 is 16.8. The summed E-state index contributed by atoms with van der Waals surface area (Å²) in [5.74, 6) is 1.24. The topological polar surface area (TPSA) is 68.8 Å². The third-order valence-electron chi connectivity index (χ3n) is 7.38. The summed E-state index contributed by atoms with van der Waals surface area (Å²) in [4.78, 5) is 0. The quantitative estimate of drug-likeness (QED) is 0.233. The van der Waals surface area contributed by atoms with E-state index in [4.69, 9.17) is 9.47 Å². The molecular weight excluding hydrogens is 500 g/mol. The lowest BCUT2D eigenvalue weighted by molar-refractivity contribution is 0.197. The van der Waals surface area contributed by atoms with Crippen LogP contribution in [0.25, 0.3) is 55.0 Å². The van der Waals surface area contributed by atoms with Crippen LogP contribution in [0, 0.1) is 0 Å². The van der Waals surface area contributed by atoms with Crippen LogP contribution in [0.2, 0.25) is 0 Å². The Bertz CT molecular complexity index is 1750. The Labute approximate surface area is 230 Å². The van der Waals surface area contributed by atoms with Gasteiger partial charge in [0, 0.05) is 33.7 Å². The normalized spacial score (nSPS) is 11.7. The molecule has 0 aliphatic heterocycles. The summed E-state index contributed by atoms with van der Waals surface area (Å²) in [6.45, 7) is 0.0708. The summed E-state index contributed by atoms with van der Waals surface area (Å²) in [7, 11) is 0. The molecule has 2 N–H and O–H groups in total. The van der Waals surface area contributed by atoms with Gasteiger partial charge in [0.25, 0.3) is 0 Å². The first kappa shape index (κ1) is 24.3. The molecule has 0 bridgehead atoms. The van der Waals surface area contributed by atoms with Crippen LogP contribution in [0.3, 0.4) is 0 Å². The van der Waals surface area contributed by atoms with Crippen LogP contribution in [0.1, 0.15) is 0 Å². The van der Waals surface area contributed by atoms with Crippen LogP contribution in [-0.4, -0.2) is 45.8 Å². The molecule has 2 aromatic heterocycles. The zero-order valence-corrected chi connectivity index (χ0v) is 21.8. The van der Waals surface area contributed by atoms with Crippen molar-refractivity contribution in [3.8, 4) is 22.9 Å².